The number of aliphatic carboxylic acids is 1. The van der Waals surface area contributed by atoms with E-state index in [-0.39, 0.29) is 6.42 Å². The Labute approximate surface area is 109 Å². The lowest BCUT2D eigenvalue weighted by Crippen LogP contribution is -2.14. The number of hydrogen-bond acceptors (Lipinski definition) is 2. The van der Waals surface area contributed by atoms with E-state index < -0.39 is 5.97 Å². The number of unbranched alkanes of at least 4 members (excludes halogenated alkanes) is 2. The van der Waals surface area contributed by atoms with Crippen molar-refractivity contribution in [3.05, 3.63) is 35.4 Å². The topological polar surface area (TPSA) is 49.3 Å². The van der Waals surface area contributed by atoms with Crippen LogP contribution in [0.2, 0.25) is 0 Å². The maximum atomic E-state index is 10.5. The highest BCUT2D eigenvalue weighted by molar-refractivity contribution is 5.67. The van der Waals surface area contributed by atoms with Gasteiger partial charge < -0.3 is 10.4 Å². The first kappa shape index (κ1) is 14.7. The van der Waals surface area contributed by atoms with Gasteiger partial charge in [0.25, 0.3) is 0 Å². The molecule has 0 heterocycles. The van der Waals surface area contributed by atoms with E-state index in [4.69, 9.17) is 5.11 Å². The molecule has 0 bridgehead atoms. The number of benzene rings is 1. The first-order chi connectivity index (χ1) is 8.72. The zero-order chi connectivity index (χ0) is 13.2. The standard InChI is InChI=1S/C15H23NO2/c1-2-3-4-11-16-12-14-7-5-13(6-8-14)9-10-15(17)18/h5-8,16H,2-4,9-12H2,1H3,(H,17,18). The molecule has 0 aromatic heterocycles. The van der Waals surface area contributed by atoms with Gasteiger partial charge in [-0.1, -0.05) is 44.0 Å². The fourth-order valence-corrected chi connectivity index (χ4v) is 1.81. The lowest BCUT2D eigenvalue weighted by atomic mass is 10.1. The first-order valence-electron chi connectivity index (χ1n) is 6.72. The van der Waals surface area contributed by atoms with Crippen molar-refractivity contribution in [2.75, 3.05) is 6.54 Å². The largest absolute Gasteiger partial charge is 0.481 e. The molecule has 0 amide bonds. The highest BCUT2D eigenvalue weighted by Gasteiger charge is 1.99. The van der Waals surface area contributed by atoms with E-state index >= 15 is 0 Å². The molecule has 0 aliphatic heterocycles. The highest BCUT2D eigenvalue weighted by Crippen LogP contribution is 2.07. The summed E-state index contributed by atoms with van der Waals surface area (Å²) in [6, 6.07) is 8.19. The second kappa shape index (κ2) is 8.70. The van der Waals surface area contributed by atoms with Gasteiger partial charge in [-0.2, -0.15) is 0 Å². The molecule has 0 saturated heterocycles. The van der Waals surface area contributed by atoms with Crippen LogP contribution in [0, 0.1) is 0 Å². The Kier molecular flexibility index (Phi) is 7.11. The summed E-state index contributed by atoms with van der Waals surface area (Å²) < 4.78 is 0. The summed E-state index contributed by atoms with van der Waals surface area (Å²) in [5.74, 6) is -0.739. The van der Waals surface area contributed by atoms with Gasteiger partial charge in [-0.25, -0.2) is 0 Å². The monoisotopic (exact) mass is 249 g/mol. The molecule has 18 heavy (non-hydrogen) atoms. The lowest BCUT2D eigenvalue weighted by molar-refractivity contribution is -0.136. The Morgan fingerprint density at radius 1 is 1.17 bits per heavy atom. The molecular formula is C15H23NO2. The van der Waals surface area contributed by atoms with Crippen LogP contribution in [0.5, 0.6) is 0 Å². The van der Waals surface area contributed by atoms with E-state index in [9.17, 15) is 4.79 Å². The first-order valence-corrected chi connectivity index (χ1v) is 6.72. The molecule has 0 spiro atoms. The predicted molar refractivity (Wildman–Crippen MR) is 73.6 cm³/mol. The molecule has 2 N–H and O–H groups in total. The zero-order valence-corrected chi connectivity index (χ0v) is 11.1. The van der Waals surface area contributed by atoms with Gasteiger partial charge in [0.15, 0.2) is 0 Å². The number of rotatable bonds is 9. The molecule has 0 radical (unpaired) electrons. The van der Waals surface area contributed by atoms with Crippen molar-refractivity contribution in [2.45, 2.75) is 45.6 Å². The van der Waals surface area contributed by atoms with Gasteiger partial charge in [-0.05, 0) is 30.5 Å². The summed E-state index contributed by atoms with van der Waals surface area (Å²) in [6.07, 6.45) is 4.57. The number of hydrogen-bond donors (Lipinski definition) is 2. The molecule has 0 atom stereocenters. The molecule has 0 aliphatic carbocycles. The maximum Gasteiger partial charge on any atom is 0.303 e. The summed E-state index contributed by atoms with van der Waals surface area (Å²) in [7, 11) is 0. The number of carboxylic acid groups (broad SMARTS) is 1. The van der Waals surface area contributed by atoms with Gasteiger partial charge in [0.1, 0.15) is 0 Å². The van der Waals surface area contributed by atoms with Crippen LogP contribution in [-0.4, -0.2) is 17.6 Å². The number of carbonyl (C=O) groups is 1. The van der Waals surface area contributed by atoms with E-state index in [0.29, 0.717) is 6.42 Å². The smallest absolute Gasteiger partial charge is 0.303 e. The normalized spacial score (nSPS) is 10.5. The SMILES string of the molecule is CCCCCNCc1ccc(CCC(=O)O)cc1. The minimum absolute atomic E-state index is 0.203. The average molecular weight is 249 g/mol. The maximum absolute atomic E-state index is 10.5. The van der Waals surface area contributed by atoms with Gasteiger partial charge >= 0.3 is 5.97 Å². The zero-order valence-electron chi connectivity index (χ0n) is 11.1. The van der Waals surface area contributed by atoms with Gasteiger partial charge in [0, 0.05) is 13.0 Å². The van der Waals surface area contributed by atoms with Gasteiger partial charge in [-0.15, -0.1) is 0 Å². The summed E-state index contributed by atoms with van der Waals surface area (Å²) in [6.45, 7) is 4.16. The molecule has 0 fully saturated rings. The Morgan fingerprint density at radius 3 is 2.44 bits per heavy atom. The summed E-state index contributed by atoms with van der Waals surface area (Å²) >= 11 is 0. The van der Waals surface area contributed by atoms with E-state index in [0.717, 1.165) is 18.7 Å². The third-order valence-electron chi connectivity index (χ3n) is 2.94. The quantitative estimate of drug-likeness (QED) is 0.661. The van der Waals surface area contributed by atoms with Crippen molar-refractivity contribution < 1.29 is 9.90 Å². The minimum Gasteiger partial charge on any atom is -0.481 e. The van der Waals surface area contributed by atoms with E-state index in [1.165, 1.54) is 24.8 Å². The molecule has 100 valence electrons. The summed E-state index contributed by atoms with van der Waals surface area (Å²) in [4.78, 5) is 10.5. The van der Waals surface area contributed by atoms with E-state index in [1.54, 1.807) is 0 Å². The van der Waals surface area contributed by atoms with Crippen molar-refractivity contribution >= 4 is 5.97 Å². The molecule has 0 unspecified atom stereocenters. The Bertz CT molecular complexity index is 346. The fourth-order valence-electron chi connectivity index (χ4n) is 1.81. The molecule has 1 rings (SSSR count). The Morgan fingerprint density at radius 2 is 1.83 bits per heavy atom. The van der Waals surface area contributed by atoms with Crippen molar-refractivity contribution in [1.82, 2.24) is 5.32 Å². The van der Waals surface area contributed by atoms with Gasteiger partial charge in [0.05, 0.1) is 0 Å². The predicted octanol–water partition coefficient (Wildman–Crippen LogP) is 2.98. The number of nitrogens with one attached hydrogen (secondary N) is 1. The Hall–Kier alpha value is -1.35. The van der Waals surface area contributed by atoms with E-state index in [2.05, 4.69) is 24.4 Å². The minimum atomic E-state index is -0.739. The molecule has 0 saturated carbocycles. The molecule has 3 heteroatoms. The van der Waals surface area contributed by atoms with Crippen molar-refractivity contribution in [3.63, 3.8) is 0 Å². The fraction of sp³-hybridized carbons (Fsp3) is 0.533. The molecular weight excluding hydrogens is 226 g/mol. The van der Waals surface area contributed by atoms with Crippen LogP contribution in [0.1, 0.15) is 43.7 Å². The Balaban J connectivity index is 2.25. The van der Waals surface area contributed by atoms with Gasteiger partial charge in [-0.3, -0.25) is 4.79 Å². The van der Waals surface area contributed by atoms with Gasteiger partial charge in [0.2, 0.25) is 0 Å². The highest BCUT2D eigenvalue weighted by atomic mass is 16.4. The third kappa shape index (κ3) is 6.40. The lowest BCUT2D eigenvalue weighted by Gasteiger charge is -2.05. The van der Waals surface area contributed by atoms with Crippen molar-refractivity contribution in [1.29, 1.82) is 0 Å². The number of aryl methyl sites for hydroxylation is 1. The van der Waals surface area contributed by atoms with Crippen LogP contribution in [0.3, 0.4) is 0 Å². The van der Waals surface area contributed by atoms with Crippen LogP contribution < -0.4 is 5.32 Å². The second-order valence-corrected chi connectivity index (χ2v) is 4.59. The second-order valence-electron chi connectivity index (χ2n) is 4.59. The molecule has 0 aliphatic rings. The summed E-state index contributed by atoms with van der Waals surface area (Å²) in [5.41, 5.74) is 2.35. The molecule has 1 aromatic carbocycles. The van der Waals surface area contributed by atoms with Crippen LogP contribution in [0.4, 0.5) is 0 Å². The van der Waals surface area contributed by atoms with Crippen LogP contribution in [0.15, 0.2) is 24.3 Å². The van der Waals surface area contributed by atoms with Crippen molar-refractivity contribution in [2.24, 2.45) is 0 Å². The molecule has 3 nitrogen and oxygen atoms in total. The van der Waals surface area contributed by atoms with Crippen LogP contribution >= 0.6 is 0 Å². The molecule has 1 aromatic rings. The summed E-state index contributed by atoms with van der Waals surface area (Å²) in [5, 5.41) is 12.0. The average Bonchev–Trinajstić information content (AvgIpc) is 2.37. The van der Waals surface area contributed by atoms with E-state index in [1.807, 2.05) is 12.1 Å². The van der Waals surface area contributed by atoms with Crippen LogP contribution in [-0.2, 0) is 17.8 Å². The van der Waals surface area contributed by atoms with Crippen molar-refractivity contribution in [3.8, 4) is 0 Å². The van der Waals surface area contributed by atoms with Crippen LogP contribution in [0.25, 0.3) is 0 Å². The third-order valence-corrected chi connectivity index (χ3v) is 2.94. The number of carboxylic acids is 1.